The molecule has 1 N–H and O–H groups in total. The molecule has 0 radical (unpaired) electrons. The number of esters is 1. The van der Waals surface area contributed by atoms with Crippen LogP contribution in [0, 0.1) is 5.82 Å². The van der Waals surface area contributed by atoms with Crippen molar-refractivity contribution in [2.24, 2.45) is 0 Å². The number of hydrogen-bond donors (Lipinski definition) is 1. The molecule has 0 amide bonds. The summed E-state index contributed by atoms with van der Waals surface area (Å²) in [5, 5.41) is -2.34. The Morgan fingerprint density at radius 3 is 2.96 bits per heavy atom. The molecule has 5 nitrogen and oxygen atoms in total. The van der Waals surface area contributed by atoms with Gasteiger partial charge in [-0.25, -0.2) is 17.6 Å². The van der Waals surface area contributed by atoms with E-state index in [9.17, 15) is 17.6 Å². The molecule has 0 aromatic heterocycles. The van der Waals surface area contributed by atoms with Crippen LogP contribution in [0.3, 0.4) is 0 Å². The molecule has 0 heterocycles. The normalized spacial score (nSPS) is 22.0. The molecule has 0 aliphatic heterocycles. The van der Waals surface area contributed by atoms with Gasteiger partial charge in [-0.05, 0) is 44.4 Å². The molecule has 0 unspecified atom stereocenters. The van der Waals surface area contributed by atoms with E-state index in [-0.39, 0.29) is 29.3 Å². The Kier molecular flexibility index (Phi) is 5.17. The topological polar surface area (TPSA) is 72.5 Å². The number of sulfonamides is 1. The maximum Gasteiger partial charge on any atom is 0.335 e. The van der Waals surface area contributed by atoms with E-state index in [1.165, 1.54) is 6.08 Å². The van der Waals surface area contributed by atoms with Crippen molar-refractivity contribution in [3.05, 3.63) is 40.7 Å². The van der Waals surface area contributed by atoms with Gasteiger partial charge in [0.1, 0.15) is 11.0 Å². The third kappa shape index (κ3) is 4.23. The van der Waals surface area contributed by atoms with Gasteiger partial charge in [-0.15, -0.1) is 0 Å². The van der Waals surface area contributed by atoms with Crippen LogP contribution in [0.2, 0.25) is 5.02 Å². The number of rotatable bonds is 5. The molecule has 0 spiro atoms. The SMILES string of the molecule is [2H][C@]1(S(=O)(=O)Nc2ccc(F)cc2Cl)CCCC=C1C(=O)OCC. The van der Waals surface area contributed by atoms with Gasteiger partial charge in [0, 0.05) is 0 Å². The lowest BCUT2D eigenvalue weighted by atomic mass is 9.99. The lowest BCUT2D eigenvalue weighted by Gasteiger charge is -2.24. The van der Waals surface area contributed by atoms with Gasteiger partial charge in [-0.1, -0.05) is 17.7 Å². The van der Waals surface area contributed by atoms with Crippen LogP contribution < -0.4 is 4.72 Å². The predicted octanol–water partition coefficient (Wildman–Crippen LogP) is 3.26. The van der Waals surface area contributed by atoms with E-state index >= 15 is 0 Å². The van der Waals surface area contributed by atoms with Crippen molar-refractivity contribution < 1.29 is 23.7 Å². The third-order valence-electron chi connectivity index (χ3n) is 3.25. The van der Waals surface area contributed by atoms with Crippen LogP contribution in [-0.4, -0.2) is 26.2 Å². The number of nitrogens with one attached hydrogen (secondary N) is 1. The molecule has 1 aromatic carbocycles. The molecule has 23 heavy (non-hydrogen) atoms. The lowest BCUT2D eigenvalue weighted by Crippen LogP contribution is -2.34. The van der Waals surface area contributed by atoms with E-state index in [2.05, 4.69) is 4.72 Å². The van der Waals surface area contributed by atoms with Crippen LogP contribution in [0.5, 0.6) is 0 Å². The number of allylic oxidation sites excluding steroid dienone is 1. The molecule has 0 bridgehead atoms. The highest BCUT2D eigenvalue weighted by Crippen LogP contribution is 2.30. The minimum Gasteiger partial charge on any atom is -0.463 e. The summed E-state index contributed by atoms with van der Waals surface area (Å²) in [4.78, 5) is 12.0. The summed E-state index contributed by atoms with van der Waals surface area (Å²) in [5.74, 6) is -1.45. The highest BCUT2D eigenvalue weighted by atomic mass is 35.5. The second-order valence-corrected chi connectivity index (χ2v) is 6.99. The quantitative estimate of drug-likeness (QED) is 0.816. The lowest BCUT2D eigenvalue weighted by molar-refractivity contribution is -0.138. The minimum absolute atomic E-state index is 0.0570. The fraction of sp³-hybridized carbons (Fsp3) is 0.400. The first-order chi connectivity index (χ1) is 11.2. The Hall–Kier alpha value is -1.60. The summed E-state index contributed by atoms with van der Waals surface area (Å²) < 4.78 is 54.0. The maximum absolute atomic E-state index is 13.1. The molecule has 1 aliphatic rings. The van der Waals surface area contributed by atoms with Crippen molar-refractivity contribution in [2.45, 2.75) is 31.4 Å². The van der Waals surface area contributed by atoms with Crippen LogP contribution in [0.25, 0.3) is 0 Å². The average Bonchev–Trinajstić information content (AvgIpc) is 2.50. The van der Waals surface area contributed by atoms with Gasteiger partial charge in [-0.2, -0.15) is 0 Å². The Morgan fingerprint density at radius 1 is 1.57 bits per heavy atom. The minimum atomic E-state index is -4.34. The van der Waals surface area contributed by atoms with E-state index in [1.54, 1.807) is 6.92 Å². The summed E-state index contributed by atoms with van der Waals surface area (Å²) in [5.41, 5.74) is -0.278. The van der Waals surface area contributed by atoms with Gasteiger partial charge in [0.15, 0.2) is 0 Å². The Morgan fingerprint density at radius 2 is 2.30 bits per heavy atom. The molecule has 1 aromatic rings. The Balaban J connectivity index is 2.39. The van der Waals surface area contributed by atoms with E-state index in [1.807, 2.05) is 0 Å². The average molecular weight is 363 g/mol. The monoisotopic (exact) mass is 362 g/mol. The fourth-order valence-electron chi connectivity index (χ4n) is 2.22. The maximum atomic E-state index is 13.1. The molecule has 8 heteroatoms. The van der Waals surface area contributed by atoms with Crippen LogP contribution in [-0.2, 0) is 19.6 Å². The molecule has 1 aliphatic carbocycles. The zero-order valence-electron chi connectivity index (χ0n) is 13.4. The molecular weight excluding hydrogens is 345 g/mol. The highest BCUT2D eigenvalue weighted by Gasteiger charge is 2.35. The first kappa shape index (κ1) is 16.3. The summed E-state index contributed by atoms with van der Waals surface area (Å²) in [6.07, 6.45) is 2.28. The van der Waals surface area contributed by atoms with Crippen LogP contribution in [0.1, 0.15) is 27.6 Å². The van der Waals surface area contributed by atoms with Crippen molar-refractivity contribution in [1.29, 1.82) is 0 Å². The molecular formula is C15H17ClFNO4S. The van der Waals surface area contributed by atoms with Crippen molar-refractivity contribution in [2.75, 3.05) is 11.3 Å². The van der Waals surface area contributed by atoms with Crippen molar-refractivity contribution in [1.82, 2.24) is 0 Å². The first-order valence-electron chi connectivity index (χ1n) is 7.56. The Labute approximate surface area is 140 Å². The molecule has 0 saturated carbocycles. The molecule has 2 rings (SSSR count). The van der Waals surface area contributed by atoms with Gasteiger partial charge in [-0.3, -0.25) is 4.72 Å². The van der Waals surface area contributed by atoms with E-state index in [0.717, 1.165) is 18.2 Å². The second kappa shape index (κ2) is 7.31. The van der Waals surface area contributed by atoms with E-state index < -0.39 is 27.0 Å². The largest absolute Gasteiger partial charge is 0.463 e. The number of carbonyl (C=O) groups is 1. The number of ether oxygens (including phenoxy) is 1. The van der Waals surface area contributed by atoms with Crippen molar-refractivity contribution >= 4 is 33.3 Å². The number of benzene rings is 1. The fourth-order valence-corrected chi connectivity index (χ4v) is 3.95. The smallest absolute Gasteiger partial charge is 0.335 e. The highest BCUT2D eigenvalue weighted by molar-refractivity contribution is 7.93. The van der Waals surface area contributed by atoms with Crippen LogP contribution in [0.4, 0.5) is 10.1 Å². The van der Waals surface area contributed by atoms with Gasteiger partial charge in [0.25, 0.3) is 0 Å². The number of halogens is 2. The van der Waals surface area contributed by atoms with Crippen molar-refractivity contribution in [3.63, 3.8) is 0 Å². The summed E-state index contributed by atoms with van der Waals surface area (Å²) >= 11 is 5.83. The second-order valence-electron chi connectivity index (χ2n) is 4.88. The molecule has 0 fully saturated rings. The summed E-state index contributed by atoms with van der Waals surface area (Å²) in [6, 6.07) is 3.16. The zero-order chi connectivity index (χ0) is 18.0. The predicted molar refractivity (Wildman–Crippen MR) is 86.3 cm³/mol. The van der Waals surface area contributed by atoms with Gasteiger partial charge in [0.2, 0.25) is 10.0 Å². The molecule has 1 atom stereocenters. The number of hydrogen-bond acceptors (Lipinski definition) is 4. The standard InChI is InChI=1S/C15H17ClFNO4S/c1-2-22-15(19)11-5-3-4-6-14(11)23(20,21)18-13-8-7-10(17)9-12(13)16/h5,7-9,14,18H,2-4,6H2,1H3/t14-/m0/s1/i14D. The summed E-state index contributed by atoms with van der Waals surface area (Å²) in [6.45, 7) is 1.67. The summed E-state index contributed by atoms with van der Waals surface area (Å²) in [7, 11) is -4.34. The number of carbonyl (C=O) groups excluding carboxylic acids is 1. The van der Waals surface area contributed by atoms with E-state index in [4.69, 9.17) is 17.7 Å². The third-order valence-corrected chi connectivity index (χ3v) is 5.13. The molecule has 126 valence electrons. The van der Waals surface area contributed by atoms with E-state index in [0.29, 0.717) is 12.8 Å². The van der Waals surface area contributed by atoms with Gasteiger partial charge >= 0.3 is 5.97 Å². The van der Waals surface area contributed by atoms with Gasteiger partial charge < -0.3 is 4.74 Å². The van der Waals surface area contributed by atoms with Gasteiger partial charge in [0.05, 0.1) is 24.3 Å². The first-order valence-corrected chi connectivity index (χ1v) is 8.92. The van der Waals surface area contributed by atoms with Crippen molar-refractivity contribution in [3.8, 4) is 0 Å². The Bertz CT molecular complexity index is 784. The zero-order valence-corrected chi connectivity index (χ0v) is 14.0. The van der Waals surface area contributed by atoms with Crippen LogP contribution in [0.15, 0.2) is 29.8 Å². The molecule has 0 saturated heterocycles. The van der Waals surface area contributed by atoms with Crippen LogP contribution >= 0.6 is 11.6 Å². The number of anilines is 1.